The molecule has 132 valence electrons. The van der Waals surface area contributed by atoms with Crippen LogP contribution in [0.15, 0.2) is 54.6 Å². The molecule has 2 N–H and O–H groups in total. The van der Waals surface area contributed by atoms with Crippen molar-refractivity contribution < 1.29 is 24.5 Å². The molecule has 7 heteroatoms. The number of thiophene rings is 1. The highest BCUT2D eigenvalue weighted by Gasteiger charge is 2.24. The molecule has 0 amide bonds. The summed E-state index contributed by atoms with van der Waals surface area (Å²) in [5, 5.41) is 18.2. The summed E-state index contributed by atoms with van der Waals surface area (Å²) >= 11 is 7.27. The number of aromatic carboxylic acids is 1. The molecule has 2 aromatic carbocycles. The lowest BCUT2D eigenvalue weighted by molar-refractivity contribution is -0.139. The fourth-order valence-electron chi connectivity index (χ4n) is 2.46. The number of hydrogen-bond acceptors (Lipinski definition) is 4. The van der Waals surface area contributed by atoms with Crippen LogP contribution in [-0.2, 0) is 4.79 Å². The van der Waals surface area contributed by atoms with Crippen molar-refractivity contribution in [3.05, 3.63) is 64.5 Å². The van der Waals surface area contributed by atoms with Gasteiger partial charge >= 0.3 is 11.9 Å². The van der Waals surface area contributed by atoms with Crippen molar-refractivity contribution >= 4 is 34.9 Å². The third-order valence-corrected chi connectivity index (χ3v) is 5.26. The number of rotatable bonds is 6. The van der Waals surface area contributed by atoms with E-state index in [-0.39, 0.29) is 15.6 Å². The first-order chi connectivity index (χ1) is 12.5. The summed E-state index contributed by atoms with van der Waals surface area (Å²) in [6.45, 7) is -0.666. The number of ether oxygens (including phenoxy) is 1. The van der Waals surface area contributed by atoms with E-state index in [1.165, 1.54) is 0 Å². The van der Waals surface area contributed by atoms with Crippen LogP contribution in [0.2, 0.25) is 5.02 Å². The maximum Gasteiger partial charge on any atom is 0.349 e. The maximum atomic E-state index is 11.5. The zero-order valence-corrected chi connectivity index (χ0v) is 14.9. The lowest BCUT2D eigenvalue weighted by atomic mass is 10.0. The molecule has 0 saturated carbocycles. The van der Waals surface area contributed by atoms with Crippen molar-refractivity contribution in [2.45, 2.75) is 0 Å². The minimum atomic E-state index is -1.22. The highest BCUT2D eigenvalue weighted by molar-refractivity contribution is 7.18. The zero-order valence-electron chi connectivity index (χ0n) is 13.3. The van der Waals surface area contributed by atoms with Crippen molar-refractivity contribution in [3.8, 4) is 27.3 Å². The van der Waals surface area contributed by atoms with E-state index in [0.717, 1.165) is 28.0 Å². The average Bonchev–Trinajstić information content (AvgIpc) is 2.97. The average molecular weight is 389 g/mol. The molecular formula is C19H13ClO5S. The van der Waals surface area contributed by atoms with E-state index in [0.29, 0.717) is 4.88 Å². The standard InChI is InChI=1S/C19H13ClO5S/c20-15-16(25-10-14(21)22)18(19(23)24)26-17(15)13-8-4-7-12(9-13)11-5-2-1-3-6-11/h1-9H,10H2,(H,21,22)(H,23,24). The van der Waals surface area contributed by atoms with Crippen molar-refractivity contribution in [2.24, 2.45) is 0 Å². The van der Waals surface area contributed by atoms with Gasteiger partial charge in [-0.2, -0.15) is 0 Å². The van der Waals surface area contributed by atoms with Gasteiger partial charge in [0.1, 0.15) is 5.02 Å². The maximum absolute atomic E-state index is 11.5. The van der Waals surface area contributed by atoms with E-state index in [9.17, 15) is 14.7 Å². The summed E-state index contributed by atoms with van der Waals surface area (Å²) in [5.41, 5.74) is 2.70. The molecule has 0 unspecified atom stereocenters. The van der Waals surface area contributed by atoms with Crippen LogP contribution in [0.3, 0.4) is 0 Å². The minimum absolute atomic E-state index is 0.0962. The number of aliphatic carboxylic acids is 1. The molecule has 3 aromatic rings. The van der Waals surface area contributed by atoms with E-state index in [1.54, 1.807) is 0 Å². The van der Waals surface area contributed by atoms with Gasteiger partial charge in [-0.25, -0.2) is 9.59 Å². The van der Waals surface area contributed by atoms with Gasteiger partial charge in [-0.1, -0.05) is 60.1 Å². The quantitative estimate of drug-likeness (QED) is 0.627. The van der Waals surface area contributed by atoms with Gasteiger partial charge in [-0.05, 0) is 22.8 Å². The van der Waals surface area contributed by atoms with Crippen LogP contribution in [-0.4, -0.2) is 28.8 Å². The Hall–Kier alpha value is -2.83. The Balaban J connectivity index is 2.06. The number of halogens is 1. The summed E-state index contributed by atoms with van der Waals surface area (Å²) in [4.78, 5) is 22.6. The second kappa shape index (κ2) is 7.59. The SMILES string of the molecule is O=C(O)COc1c(C(=O)O)sc(-c2cccc(-c3ccccc3)c2)c1Cl. The lowest BCUT2D eigenvalue weighted by Gasteiger charge is -2.05. The predicted molar refractivity (Wildman–Crippen MR) is 100 cm³/mol. The van der Waals surface area contributed by atoms with Crippen molar-refractivity contribution in [1.29, 1.82) is 0 Å². The molecule has 0 aliphatic heterocycles. The van der Waals surface area contributed by atoms with Gasteiger partial charge in [0.15, 0.2) is 17.2 Å². The lowest BCUT2D eigenvalue weighted by Crippen LogP contribution is -2.10. The van der Waals surface area contributed by atoms with Gasteiger partial charge in [0.2, 0.25) is 0 Å². The van der Waals surface area contributed by atoms with Crippen LogP contribution in [0.25, 0.3) is 21.6 Å². The molecule has 5 nitrogen and oxygen atoms in total. The van der Waals surface area contributed by atoms with Crippen LogP contribution < -0.4 is 4.74 Å². The van der Waals surface area contributed by atoms with Crippen LogP contribution >= 0.6 is 22.9 Å². The van der Waals surface area contributed by atoms with E-state index < -0.39 is 18.5 Å². The zero-order chi connectivity index (χ0) is 18.7. The predicted octanol–water partition coefficient (Wildman–Crippen LogP) is 4.90. The first-order valence-electron chi connectivity index (χ1n) is 7.53. The normalized spacial score (nSPS) is 10.5. The Kier molecular flexibility index (Phi) is 5.25. The van der Waals surface area contributed by atoms with E-state index >= 15 is 0 Å². The Morgan fingerprint density at radius 1 is 0.962 bits per heavy atom. The molecule has 0 spiro atoms. The highest BCUT2D eigenvalue weighted by atomic mass is 35.5. The molecule has 0 atom stereocenters. The van der Waals surface area contributed by atoms with Crippen molar-refractivity contribution in [3.63, 3.8) is 0 Å². The van der Waals surface area contributed by atoms with Crippen LogP contribution in [0.5, 0.6) is 5.75 Å². The minimum Gasteiger partial charge on any atom is -0.479 e. The molecular weight excluding hydrogens is 376 g/mol. The molecule has 3 rings (SSSR count). The van der Waals surface area contributed by atoms with E-state index in [1.807, 2.05) is 54.6 Å². The van der Waals surface area contributed by atoms with Crippen LogP contribution in [0, 0.1) is 0 Å². The fraction of sp³-hybridized carbons (Fsp3) is 0.0526. The van der Waals surface area contributed by atoms with Gasteiger partial charge < -0.3 is 14.9 Å². The van der Waals surface area contributed by atoms with Crippen molar-refractivity contribution in [1.82, 2.24) is 0 Å². The molecule has 1 heterocycles. The number of hydrogen-bond donors (Lipinski definition) is 2. The van der Waals surface area contributed by atoms with Crippen LogP contribution in [0.1, 0.15) is 9.67 Å². The first kappa shape index (κ1) is 18.0. The largest absolute Gasteiger partial charge is 0.479 e. The Labute approximate surface area is 158 Å². The second-order valence-electron chi connectivity index (χ2n) is 5.34. The molecule has 0 saturated heterocycles. The molecule has 0 fully saturated rings. The van der Waals surface area contributed by atoms with E-state index in [2.05, 4.69) is 0 Å². The topological polar surface area (TPSA) is 83.8 Å². The van der Waals surface area contributed by atoms with Gasteiger partial charge in [0.05, 0.1) is 4.88 Å². The molecule has 0 radical (unpaired) electrons. The fourth-order valence-corrected chi connectivity index (χ4v) is 3.86. The number of carboxylic acids is 2. The molecule has 0 aliphatic rings. The third-order valence-electron chi connectivity index (χ3n) is 3.58. The van der Waals surface area contributed by atoms with Gasteiger partial charge in [-0.3, -0.25) is 0 Å². The molecule has 0 aliphatic carbocycles. The Bertz CT molecular complexity index is 965. The van der Waals surface area contributed by atoms with Gasteiger partial charge in [-0.15, -0.1) is 11.3 Å². The summed E-state index contributed by atoms with van der Waals surface area (Å²) < 4.78 is 5.11. The van der Waals surface area contributed by atoms with Crippen LogP contribution in [0.4, 0.5) is 0 Å². The third kappa shape index (κ3) is 3.71. The first-order valence-corrected chi connectivity index (χ1v) is 8.73. The summed E-state index contributed by atoms with van der Waals surface area (Å²) in [6.07, 6.45) is 0. The Morgan fingerprint density at radius 3 is 2.27 bits per heavy atom. The summed E-state index contributed by atoms with van der Waals surface area (Å²) in [7, 11) is 0. The monoisotopic (exact) mass is 388 g/mol. The second-order valence-corrected chi connectivity index (χ2v) is 6.74. The molecule has 1 aromatic heterocycles. The summed E-state index contributed by atoms with van der Waals surface area (Å²) in [5.74, 6) is -2.55. The number of benzene rings is 2. The summed E-state index contributed by atoms with van der Waals surface area (Å²) in [6, 6.07) is 17.2. The van der Waals surface area contributed by atoms with Crippen molar-refractivity contribution in [2.75, 3.05) is 6.61 Å². The number of carbonyl (C=O) groups is 2. The highest BCUT2D eigenvalue weighted by Crippen LogP contribution is 2.46. The van der Waals surface area contributed by atoms with Gasteiger partial charge in [0.25, 0.3) is 0 Å². The number of carboxylic acid groups (broad SMARTS) is 2. The molecule has 26 heavy (non-hydrogen) atoms. The molecule has 0 bridgehead atoms. The van der Waals surface area contributed by atoms with Gasteiger partial charge in [0, 0.05) is 0 Å². The smallest absolute Gasteiger partial charge is 0.349 e. The Morgan fingerprint density at radius 2 is 1.62 bits per heavy atom. The van der Waals surface area contributed by atoms with E-state index in [4.69, 9.17) is 21.4 Å².